The molecule has 0 bridgehead atoms. The van der Waals surface area contributed by atoms with Crippen molar-refractivity contribution in [3.8, 4) is 0 Å². The molecule has 1 saturated carbocycles. The number of amides is 1. The first kappa shape index (κ1) is 18.2. The Morgan fingerprint density at radius 3 is 2.70 bits per heavy atom. The average molecular weight is 368 g/mol. The summed E-state index contributed by atoms with van der Waals surface area (Å²) in [5, 5.41) is 4.16. The van der Waals surface area contributed by atoms with Crippen molar-refractivity contribution in [2.75, 3.05) is 13.6 Å². The highest BCUT2D eigenvalue weighted by Crippen LogP contribution is 2.31. The molecule has 1 atom stereocenters. The SMILES string of the molecule is CN(Cc1noc(C2CCCCC2)n1)C1CCN(Cc2ccccc2)C1=O. The van der Waals surface area contributed by atoms with E-state index in [0.717, 1.165) is 31.7 Å². The number of nitrogens with zero attached hydrogens (tertiary/aromatic N) is 4. The molecular weight excluding hydrogens is 340 g/mol. The molecule has 144 valence electrons. The van der Waals surface area contributed by atoms with E-state index >= 15 is 0 Å². The number of benzene rings is 1. The second-order valence-electron chi connectivity index (χ2n) is 7.85. The molecule has 2 aliphatic rings. The minimum Gasteiger partial charge on any atom is -0.339 e. The van der Waals surface area contributed by atoms with E-state index in [1.165, 1.54) is 24.8 Å². The van der Waals surface area contributed by atoms with Crippen molar-refractivity contribution in [1.29, 1.82) is 0 Å². The van der Waals surface area contributed by atoms with Gasteiger partial charge in [0.05, 0.1) is 12.6 Å². The van der Waals surface area contributed by atoms with Gasteiger partial charge in [-0.05, 0) is 31.9 Å². The van der Waals surface area contributed by atoms with E-state index in [9.17, 15) is 4.79 Å². The first-order chi connectivity index (χ1) is 13.2. The van der Waals surface area contributed by atoms with Crippen molar-refractivity contribution in [1.82, 2.24) is 19.9 Å². The predicted molar refractivity (Wildman–Crippen MR) is 102 cm³/mol. The van der Waals surface area contributed by atoms with Gasteiger partial charge in [-0.2, -0.15) is 4.98 Å². The zero-order chi connectivity index (χ0) is 18.6. The van der Waals surface area contributed by atoms with Gasteiger partial charge in [-0.25, -0.2) is 0 Å². The zero-order valence-electron chi connectivity index (χ0n) is 16.0. The molecule has 1 unspecified atom stereocenters. The Hall–Kier alpha value is -2.21. The summed E-state index contributed by atoms with van der Waals surface area (Å²) in [5.74, 6) is 2.08. The van der Waals surface area contributed by atoms with Crippen LogP contribution in [0.2, 0.25) is 0 Å². The van der Waals surface area contributed by atoms with Gasteiger partial charge in [0.15, 0.2) is 5.82 Å². The van der Waals surface area contributed by atoms with E-state index in [1.807, 2.05) is 30.1 Å². The normalized spacial score (nSPS) is 21.3. The minimum absolute atomic E-state index is 0.106. The van der Waals surface area contributed by atoms with Crippen LogP contribution in [-0.2, 0) is 17.9 Å². The van der Waals surface area contributed by atoms with Gasteiger partial charge < -0.3 is 9.42 Å². The van der Waals surface area contributed by atoms with Crippen LogP contribution in [0.25, 0.3) is 0 Å². The first-order valence-electron chi connectivity index (χ1n) is 10.1. The van der Waals surface area contributed by atoms with Gasteiger partial charge in [0, 0.05) is 19.0 Å². The van der Waals surface area contributed by atoms with Crippen molar-refractivity contribution in [2.24, 2.45) is 0 Å². The number of likely N-dealkylation sites (N-methyl/N-ethyl adjacent to an activating group) is 1. The lowest BCUT2D eigenvalue weighted by molar-refractivity contribution is -0.132. The molecule has 1 aliphatic carbocycles. The van der Waals surface area contributed by atoms with Crippen LogP contribution in [0.5, 0.6) is 0 Å². The highest BCUT2D eigenvalue weighted by atomic mass is 16.5. The molecule has 1 aromatic carbocycles. The van der Waals surface area contributed by atoms with Crippen LogP contribution >= 0.6 is 0 Å². The number of hydrogen-bond acceptors (Lipinski definition) is 5. The smallest absolute Gasteiger partial charge is 0.240 e. The number of rotatable bonds is 6. The molecule has 6 nitrogen and oxygen atoms in total. The van der Waals surface area contributed by atoms with Gasteiger partial charge in [0.25, 0.3) is 0 Å². The van der Waals surface area contributed by atoms with Gasteiger partial charge in [-0.1, -0.05) is 54.8 Å². The van der Waals surface area contributed by atoms with Crippen molar-refractivity contribution in [3.63, 3.8) is 0 Å². The molecule has 1 amide bonds. The molecule has 1 saturated heterocycles. The fraction of sp³-hybridized carbons (Fsp3) is 0.571. The topological polar surface area (TPSA) is 62.5 Å². The molecule has 1 aliphatic heterocycles. The Labute approximate surface area is 160 Å². The summed E-state index contributed by atoms with van der Waals surface area (Å²) >= 11 is 0. The van der Waals surface area contributed by atoms with Gasteiger partial charge >= 0.3 is 0 Å². The van der Waals surface area contributed by atoms with Gasteiger partial charge in [-0.3, -0.25) is 9.69 Å². The van der Waals surface area contributed by atoms with Crippen LogP contribution < -0.4 is 0 Å². The Kier molecular flexibility index (Phi) is 5.53. The van der Waals surface area contributed by atoms with Crippen molar-refractivity contribution in [3.05, 3.63) is 47.6 Å². The summed E-state index contributed by atoms with van der Waals surface area (Å²) in [6, 6.07) is 10.1. The summed E-state index contributed by atoms with van der Waals surface area (Å²) < 4.78 is 5.51. The quantitative estimate of drug-likeness (QED) is 0.782. The summed E-state index contributed by atoms with van der Waals surface area (Å²) in [4.78, 5) is 21.4. The summed E-state index contributed by atoms with van der Waals surface area (Å²) in [5.41, 5.74) is 1.17. The molecule has 2 heterocycles. The Balaban J connectivity index is 1.34. The second-order valence-corrected chi connectivity index (χ2v) is 7.85. The molecule has 0 radical (unpaired) electrons. The van der Waals surface area contributed by atoms with E-state index in [-0.39, 0.29) is 11.9 Å². The van der Waals surface area contributed by atoms with Crippen LogP contribution in [0, 0.1) is 0 Å². The van der Waals surface area contributed by atoms with Crippen LogP contribution in [0.1, 0.15) is 61.7 Å². The molecule has 0 spiro atoms. The molecule has 0 N–H and O–H groups in total. The fourth-order valence-corrected chi connectivity index (χ4v) is 4.27. The fourth-order valence-electron chi connectivity index (χ4n) is 4.27. The predicted octanol–water partition coefficient (Wildman–Crippen LogP) is 3.35. The molecule has 27 heavy (non-hydrogen) atoms. The molecule has 6 heteroatoms. The molecule has 2 fully saturated rings. The number of carbonyl (C=O) groups is 1. The monoisotopic (exact) mass is 368 g/mol. The molecule has 4 rings (SSSR count). The van der Waals surface area contributed by atoms with Crippen molar-refractivity contribution < 1.29 is 9.32 Å². The van der Waals surface area contributed by atoms with Gasteiger partial charge in [0.2, 0.25) is 11.8 Å². The number of carbonyl (C=O) groups excluding carboxylic acids is 1. The van der Waals surface area contributed by atoms with E-state index in [0.29, 0.717) is 24.8 Å². The third-order valence-electron chi connectivity index (χ3n) is 5.85. The highest BCUT2D eigenvalue weighted by Gasteiger charge is 2.35. The lowest BCUT2D eigenvalue weighted by atomic mass is 9.89. The van der Waals surface area contributed by atoms with E-state index in [1.54, 1.807) is 0 Å². The van der Waals surface area contributed by atoms with E-state index < -0.39 is 0 Å². The maximum absolute atomic E-state index is 12.8. The maximum Gasteiger partial charge on any atom is 0.240 e. The van der Waals surface area contributed by atoms with E-state index in [4.69, 9.17) is 4.52 Å². The van der Waals surface area contributed by atoms with Crippen LogP contribution in [0.3, 0.4) is 0 Å². The minimum atomic E-state index is -0.106. The average Bonchev–Trinajstić information content (AvgIpc) is 3.31. The largest absolute Gasteiger partial charge is 0.339 e. The molecular formula is C21H28N4O2. The lowest BCUT2D eigenvalue weighted by Crippen LogP contribution is -2.39. The summed E-state index contributed by atoms with van der Waals surface area (Å²) in [6.45, 7) is 2.02. The first-order valence-corrected chi connectivity index (χ1v) is 10.1. The van der Waals surface area contributed by atoms with Gasteiger partial charge in [-0.15, -0.1) is 0 Å². The Morgan fingerprint density at radius 2 is 1.93 bits per heavy atom. The number of hydrogen-bond donors (Lipinski definition) is 0. The Bertz CT molecular complexity index is 755. The van der Waals surface area contributed by atoms with Crippen LogP contribution in [0.4, 0.5) is 0 Å². The van der Waals surface area contributed by atoms with Crippen LogP contribution in [0.15, 0.2) is 34.9 Å². The highest BCUT2D eigenvalue weighted by molar-refractivity contribution is 5.83. The molecule has 2 aromatic rings. The third kappa shape index (κ3) is 4.21. The summed E-state index contributed by atoms with van der Waals surface area (Å²) in [6.07, 6.45) is 6.94. The van der Waals surface area contributed by atoms with Crippen molar-refractivity contribution in [2.45, 2.75) is 63.6 Å². The maximum atomic E-state index is 12.8. The number of aromatic nitrogens is 2. The van der Waals surface area contributed by atoms with Gasteiger partial charge in [0.1, 0.15) is 0 Å². The molecule has 1 aromatic heterocycles. The third-order valence-corrected chi connectivity index (χ3v) is 5.85. The zero-order valence-corrected chi connectivity index (χ0v) is 16.0. The van der Waals surface area contributed by atoms with Crippen molar-refractivity contribution >= 4 is 5.91 Å². The summed E-state index contributed by atoms with van der Waals surface area (Å²) in [7, 11) is 1.98. The van der Waals surface area contributed by atoms with Crippen LogP contribution in [-0.4, -0.2) is 45.5 Å². The Morgan fingerprint density at radius 1 is 1.15 bits per heavy atom. The lowest BCUT2D eigenvalue weighted by Gasteiger charge is -2.22. The number of likely N-dealkylation sites (tertiary alicyclic amines) is 1. The van der Waals surface area contributed by atoms with E-state index in [2.05, 4.69) is 27.2 Å². The standard InChI is InChI=1S/C21H28N4O2/c1-24(15-19-22-20(27-23-19)17-10-6-3-7-11-17)18-12-13-25(21(18)26)14-16-8-4-2-5-9-16/h2,4-5,8-9,17-18H,3,6-7,10-15H2,1H3. The second kappa shape index (κ2) is 8.21.